The minimum absolute atomic E-state index is 0.0190. The molecule has 0 aliphatic heterocycles. The van der Waals surface area contributed by atoms with Crippen molar-refractivity contribution in [3.05, 3.63) is 0 Å². The van der Waals surface area contributed by atoms with E-state index in [2.05, 4.69) is 10.1 Å². The molecule has 0 heterocycles. The number of carbonyl (C=O) groups is 2. The molecule has 0 aromatic rings. The number of nitriles is 1. The van der Waals surface area contributed by atoms with Crippen molar-refractivity contribution in [3.63, 3.8) is 0 Å². The average molecular weight is 242 g/mol. The second kappa shape index (κ2) is 6.86. The molecule has 0 spiro atoms. The zero-order chi connectivity index (χ0) is 13.5. The van der Waals surface area contributed by atoms with Crippen LogP contribution in [0.3, 0.4) is 0 Å². The summed E-state index contributed by atoms with van der Waals surface area (Å²) in [5.74, 6) is -1.13. The van der Waals surface area contributed by atoms with Crippen LogP contribution in [-0.4, -0.2) is 36.2 Å². The van der Waals surface area contributed by atoms with Gasteiger partial charge in [-0.2, -0.15) is 5.26 Å². The lowest BCUT2D eigenvalue weighted by molar-refractivity contribution is -0.141. The summed E-state index contributed by atoms with van der Waals surface area (Å²) < 4.78 is 4.44. The van der Waals surface area contributed by atoms with E-state index >= 15 is 0 Å². The molecule has 6 nitrogen and oxygen atoms in total. The van der Waals surface area contributed by atoms with Crippen LogP contribution in [0.25, 0.3) is 0 Å². The van der Waals surface area contributed by atoms with Crippen molar-refractivity contribution < 1.29 is 19.4 Å². The van der Waals surface area contributed by atoms with Crippen LogP contribution in [0.15, 0.2) is 0 Å². The second-order valence-corrected chi connectivity index (χ2v) is 4.07. The van der Waals surface area contributed by atoms with E-state index in [1.165, 1.54) is 7.11 Å². The van der Waals surface area contributed by atoms with Gasteiger partial charge in [-0.1, -0.05) is 13.8 Å². The Hall–Kier alpha value is -1.61. The molecule has 0 rings (SSSR count). The first-order chi connectivity index (χ1) is 7.90. The van der Waals surface area contributed by atoms with E-state index in [0.29, 0.717) is 0 Å². The number of aliphatic hydroxyl groups excluding tert-OH is 1. The maximum absolute atomic E-state index is 11.5. The van der Waals surface area contributed by atoms with E-state index in [-0.39, 0.29) is 24.7 Å². The Kier molecular flexibility index (Phi) is 6.21. The third kappa shape index (κ3) is 4.83. The van der Waals surface area contributed by atoms with Gasteiger partial charge in [-0.3, -0.25) is 9.59 Å². The Morgan fingerprint density at radius 1 is 1.53 bits per heavy atom. The quantitative estimate of drug-likeness (QED) is 0.637. The molecule has 0 unspecified atom stereocenters. The predicted molar refractivity (Wildman–Crippen MR) is 59.7 cm³/mol. The van der Waals surface area contributed by atoms with Gasteiger partial charge in [-0.05, 0) is 6.42 Å². The molecule has 96 valence electrons. The summed E-state index contributed by atoms with van der Waals surface area (Å²) in [7, 11) is 1.24. The van der Waals surface area contributed by atoms with Crippen LogP contribution >= 0.6 is 0 Å². The molecule has 1 amide bonds. The van der Waals surface area contributed by atoms with Gasteiger partial charge in [0.2, 0.25) is 5.91 Å². The van der Waals surface area contributed by atoms with Crippen LogP contribution in [0.5, 0.6) is 0 Å². The molecule has 0 aliphatic rings. The molecule has 0 aromatic carbocycles. The maximum atomic E-state index is 11.5. The van der Waals surface area contributed by atoms with E-state index in [1.54, 1.807) is 13.8 Å². The molecule has 0 bridgehead atoms. The summed E-state index contributed by atoms with van der Waals surface area (Å²) >= 11 is 0. The molecule has 0 aromatic heterocycles. The lowest BCUT2D eigenvalue weighted by Gasteiger charge is -2.26. The molecular weight excluding hydrogens is 224 g/mol. The van der Waals surface area contributed by atoms with Crippen LogP contribution in [0.2, 0.25) is 0 Å². The third-order valence-corrected chi connectivity index (χ3v) is 2.35. The number of aliphatic hydroxyl groups is 1. The lowest BCUT2D eigenvalue weighted by Crippen LogP contribution is -2.51. The number of nitrogens with zero attached hydrogens (tertiary/aromatic N) is 1. The number of hydrogen-bond acceptors (Lipinski definition) is 5. The van der Waals surface area contributed by atoms with Crippen molar-refractivity contribution in [2.45, 2.75) is 32.2 Å². The van der Waals surface area contributed by atoms with E-state index in [0.717, 1.165) is 0 Å². The Labute approximate surface area is 101 Å². The van der Waals surface area contributed by atoms with Crippen molar-refractivity contribution in [3.8, 4) is 6.07 Å². The summed E-state index contributed by atoms with van der Waals surface area (Å²) in [6, 6.07) is 1.84. The molecule has 17 heavy (non-hydrogen) atoms. The van der Waals surface area contributed by atoms with Gasteiger partial charge >= 0.3 is 5.97 Å². The maximum Gasteiger partial charge on any atom is 0.305 e. The summed E-state index contributed by atoms with van der Waals surface area (Å²) in [6.45, 7) is 2.81. The van der Waals surface area contributed by atoms with E-state index in [4.69, 9.17) is 5.26 Å². The van der Waals surface area contributed by atoms with Gasteiger partial charge in [0.15, 0.2) is 5.54 Å². The lowest BCUT2D eigenvalue weighted by atomic mass is 9.95. The molecular formula is C11H18N2O4. The minimum atomic E-state index is -1.42. The fraction of sp³-hybridized carbons (Fsp3) is 0.727. The second-order valence-electron chi connectivity index (χ2n) is 4.07. The summed E-state index contributed by atoms with van der Waals surface area (Å²) in [5.41, 5.74) is -1.42. The molecule has 1 atom stereocenters. The van der Waals surface area contributed by atoms with Crippen LogP contribution in [0.4, 0.5) is 0 Å². The monoisotopic (exact) mass is 242 g/mol. The molecule has 0 aliphatic carbocycles. The van der Waals surface area contributed by atoms with Gasteiger partial charge < -0.3 is 15.2 Å². The normalized spacial score (nSPS) is 13.6. The van der Waals surface area contributed by atoms with Crippen LogP contribution in [-0.2, 0) is 14.3 Å². The van der Waals surface area contributed by atoms with Crippen molar-refractivity contribution in [1.82, 2.24) is 5.32 Å². The van der Waals surface area contributed by atoms with Crippen molar-refractivity contribution in [2.75, 3.05) is 13.7 Å². The molecule has 0 fully saturated rings. The van der Waals surface area contributed by atoms with E-state index in [9.17, 15) is 14.7 Å². The van der Waals surface area contributed by atoms with Crippen molar-refractivity contribution in [2.24, 2.45) is 5.92 Å². The number of nitrogens with one attached hydrogen (secondary N) is 1. The first-order valence-corrected chi connectivity index (χ1v) is 5.31. The summed E-state index contributed by atoms with van der Waals surface area (Å²) in [5, 5.41) is 20.7. The van der Waals surface area contributed by atoms with Crippen molar-refractivity contribution >= 4 is 11.9 Å². The van der Waals surface area contributed by atoms with Gasteiger partial charge in [0.05, 0.1) is 19.8 Å². The minimum Gasteiger partial charge on any atom is -0.469 e. The van der Waals surface area contributed by atoms with Gasteiger partial charge in [0, 0.05) is 12.3 Å². The highest BCUT2D eigenvalue weighted by Gasteiger charge is 2.32. The third-order valence-electron chi connectivity index (χ3n) is 2.35. The Bertz CT molecular complexity index is 322. The van der Waals surface area contributed by atoms with Gasteiger partial charge in [-0.25, -0.2) is 0 Å². The standard InChI is InChI=1S/C11H18N2O4/c1-8(2)10(16)13-11(6-12,7-14)5-4-9(15)17-3/h8,14H,4-5,7H2,1-3H3,(H,13,16)/t11-/m0/s1. The molecule has 6 heteroatoms. The van der Waals surface area contributed by atoms with Gasteiger partial charge in [0.1, 0.15) is 0 Å². The molecule has 0 radical (unpaired) electrons. The first kappa shape index (κ1) is 15.4. The van der Waals surface area contributed by atoms with Gasteiger partial charge in [-0.15, -0.1) is 0 Å². The smallest absolute Gasteiger partial charge is 0.305 e. The number of carbonyl (C=O) groups excluding carboxylic acids is 2. The van der Waals surface area contributed by atoms with Crippen LogP contribution in [0, 0.1) is 17.2 Å². The Balaban J connectivity index is 4.63. The molecule has 0 saturated carbocycles. The highest BCUT2D eigenvalue weighted by molar-refractivity contribution is 5.79. The number of ether oxygens (including phenoxy) is 1. The first-order valence-electron chi connectivity index (χ1n) is 5.31. The number of hydrogen-bond donors (Lipinski definition) is 2. The fourth-order valence-corrected chi connectivity index (χ4v) is 1.10. The highest BCUT2D eigenvalue weighted by atomic mass is 16.5. The Morgan fingerprint density at radius 3 is 2.47 bits per heavy atom. The predicted octanol–water partition coefficient (Wildman–Crippen LogP) is -0.0335. The molecule has 0 saturated heterocycles. The summed E-state index contributed by atoms with van der Waals surface area (Å²) in [6.07, 6.45) is -0.0197. The SMILES string of the molecule is COC(=O)CC[C@](C#N)(CO)NC(=O)C(C)C. The average Bonchev–Trinajstić information content (AvgIpc) is 2.33. The Morgan fingerprint density at radius 2 is 2.12 bits per heavy atom. The van der Waals surface area contributed by atoms with E-state index < -0.39 is 18.1 Å². The highest BCUT2D eigenvalue weighted by Crippen LogP contribution is 2.13. The number of esters is 1. The van der Waals surface area contributed by atoms with Crippen LogP contribution in [0.1, 0.15) is 26.7 Å². The topological polar surface area (TPSA) is 99.4 Å². The zero-order valence-corrected chi connectivity index (χ0v) is 10.3. The number of methoxy groups -OCH3 is 1. The molecule has 2 N–H and O–H groups in total. The number of amides is 1. The largest absolute Gasteiger partial charge is 0.469 e. The fourth-order valence-electron chi connectivity index (χ4n) is 1.10. The summed E-state index contributed by atoms with van der Waals surface area (Å²) in [4.78, 5) is 22.5. The van der Waals surface area contributed by atoms with Gasteiger partial charge in [0.25, 0.3) is 0 Å². The van der Waals surface area contributed by atoms with Crippen molar-refractivity contribution in [1.29, 1.82) is 5.26 Å². The van der Waals surface area contributed by atoms with Crippen LogP contribution < -0.4 is 5.32 Å². The zero-order valence-electron chi connectivity index (χ0n) is 10.3. The van der Waals surface area contributed by atoms with E-state index in [1.807, 2.05) is 6.07 Å². The number of rotatable bonds is 6.